The van der Waals surface area contributed by atoms with Crippen LogP contribution in [0.25, 0.3) is 11.3 Å². The number of imidazole rings is 1. The highest BCUT2D eigenvalue weighted by Crippen LogP contribution is 2.19. The predicted molar refractivity (Wildman–Crippen MR) is 85.3 cm³/mol. The number of aromatic nitrogens is 2. The van der Waals surface area contributed by atoms with E-state index in [0.717, 1.165) is 36.6 Å². The first-order valence-corrected chi connectivity index (χ1v) is 7.50. The predicted octanol–water partition coefficient (Wildman–Crippen LogP) is 4.28. The first-order valence-electron chi connectivity index (χ1n) is 7.10. The van der Waals surface area contributed by atoms with E-state index in [4.69, 9.17) is 17.0 Å². The number of nitrogens with zero attached hydrogens (tertiary/aromatic N) is 1. The lowest BCUT2D eigenvalue weighted by Gasteiger charge is -2.10. The minimum Gasteiger partial charge on any atom is -0.381 e. The van der Waals surface area contributed by atoms with Crippen molar-refractivity contribution >= 4 is 12.2 Å². The molecule has 0 bridgehead atoms. The fraction of sp³-hybridized carbons (Fsp3) is 0.438. The van der Waals surface area contributed by atoms with Crippen LogP contribution in [0.15, 0.2) is 36.5 Å². The van der Waals surface area contributed by atoms with Crippen LogP contribution in [-0.4, -0.2) is 22.8 Å². The van der Waals surface area contributed by atoms with Gasteiger partial charge in [0.05, 0.1) is 5.69 Å². The second-order valence-electron chi connectivity index (χ2n) is 5.32. The van der Waals surface area contributed by atoms with Gasteiger partial charge in [-0.1, -0.05) is 44.2 Å². The maximum Gasteiger partial charge on any atom is 0.177 e. The summed E-state index contributed by atoms with van der Waals surface area (Å²) < 4.78 is 8.53. The number of hydrogen-bond acceptors (Lipinski definition) is 2. The van der Waals surface area contributed by atoms with Crippen LogP contribution in [0.2, 0.25) is 0 Å². The largest absolute Gasteiger partial charge is 0.381 e. The van der Waals surface area contributed by atoms with Crippen LogP contribution in [0.4, 0.5) is 0 Å². The lowest BCUT2D eigenvalue weighted by atomic mass is 10.2. The van der Waals surface area contributed by atoms with Gasteiger partial charge in [0.15, 0.2) is 4.77 Å². The van der Waals surface area contributed by atoms with E-state index in [-0.39, 0.29) is 0 Å². The molecule has 0 aliphatic carbocycles. The molecule has 0 unspecified atom stereocenters. The van der Waals surface area contributed by atoms with Crippen LogP contribution in [0.1, 0.15) is 20.3 Å². The average molecular weight is 290 g/mol. The van der Waals surface area contributed by atoms with Crippen molar-refractivity contribution in [2.24, 2.45) is 5.92 Å². The van der Waals surface area contributed by atoms with E-state index >= 15 is 0 Å². The summed E-state index contributed by atoms with van der Waals surface area (Å²) in [6, 6.07) is 10.3. The van der Waals surface area contributed by atoms with E-state index in [9.17, 15) is 0 Å². The van der Waals surface area contributed by atoms with Crippen molar-refractivity contribution in [1.82, 2.24) is 9.55 Å². The van der Waals surface area contributed by atoms with Gasteiger partial charge in [0.25, 0.3) is 0 Å². The summed E-state index contributed by atoms with van der Waals surface area (Å²) in [5.74, 6) is 0.587. The van der Waals surface area contributed by atoms with Crippen LogP contribution in [0.3, 0.4) is 0 Å². The summed E-state index contributed by atoms with van der Waals surface area (Å²) in [7, 11) is 0. The number of aromatic amines is 1. The molecule has 0 aliphatic rings. The van der Waals surface area contributed by atoms with Crippen molar-refractivity contribution in [3.05, 3.63) is 41.3 Å². The molecule has 0 spiro atoms. The molecular weight excluding hydrogens is 268 g/mol. The lowest BCUT2D eigenvalue weighted by molar-refractivity contribution is 0.105. The second kappa shape index (κ2) is 7.41. The Bertz CT molecular complexity index is 572. The number of nitrogens with one attached hydrogen (secondary N) is 1. The molecule has 2 aromatic rings. The van der Waals surface area contributed by atoms with Crippen molar-refractivity contribution in [2.75, 3.05) is 13.2 Å². The molecule has 0 saturated heterocycles. The molecule has 0 radical (unpaired) electrons. The zero-order valence-electron chi connectivity index (χ0n) is 12.1. The Hall–Kier alpha value is -1.39. The molecule has 1 N–H and O–H groups in total. The van der Waals surface area contributed by atoms with Gasteiger partial charge in [-0.25, -0.2) is 0 Å². The van der Waals surface area contributed by atoms with E-state index < -0.39 is 0 Å². The quantitative estimate of drug-likeness (QED) is 0.609. The Morgan fingerprint density at radius 2 is 2.00 bits per heavy atom. The van der Waals surface area contributed by atoms with Crippen LogP contribution in [0.5, 0.6) is 0 Å². The van der Waals surface area contributed by atoms with Gasteiger partial charge in [-0.05, 0) is 30.1 Å². The van der Waals surface area contributed by atoms with Crippen LogP contribution in [0, 0.1) is 10.7 Å². The third kappa shape index (κ3) is 4.05. The zero-order chi connectivity index (χ0) is 14.4. The molecule has 3 nitrogen and oxygen atoms in total. The molecule has 1 aromatic carbocycles. The first kappa shape index (κ1) is 15.0. The summed E-state index contributed by atoms with van der Waals surface area (Å²) in [6.07, 6.45) is 2.95. The SMILES string of the molecule is CC(C)COCCCn1c(-c2ccccc2)c[nH]c1=S. The van der Waals surface area contributed by atoms with E-state index in [1.54, 1.807) is 0 Å². The highest BCUT2D eigenvalue weighted by Gasteiger charge is 2.06. The third-order valence-corrected chi connectivity index (χ3v) is 3.40. The van der Waals surface area contributed by atoms with Crippen molar-refractivity contribution in [3.63, 3.8) is 0 Å². The van der Waals surface area contributed by atoms with Crippen molar-refractivity contribution in [3.8, 4) is 11.3 Å². The zero-order valence-corrected chi connectivity index (χ0v) is 13.0. The Morgan fingerprint density at radius 1 is 1.25 bits per heavy atom. The van der Waals surface area contributed by atoms with Gasteiger partial charge < -0.3 is 14.3 Å². The number of rotatable bonds is 7. The maximum absolute atomic E-state index is 5.62. The molecule has 0 fully saturated rings. The molecule has 0 aliphatic heterocycles. The molecule has 2 rings (SSSR count). The lowest BCUT2D eigenvalue weighted by Crippen LogP contribution is -2.07. The molecule has 0 saturated carbocycles. The molecule has 1 aromatic heterocycles. The highest BCUT2D eigenvalue weighted by atomic mass is 32.1. The van der Waals surface area contributed by atoms with Crippen LogP contribution < -0.4 is 0 Å². The number of ether oxygens (including phenoxy) is 1. The number of hydrogen-bond donors (Lipinski definition) is 1. The molecule has 108 valence electrons. The molecule has 1 heterocycles. The maximum atomic E-state index is 5.62. The normalized spacial score (nSPS) is 11.2. The van der Waals surface area contributed by atoms with Crippen molar-refractivity contribution in [1.29, 1.82) is 0 Å². The van der Waals surface area contributed by atoms with Gasteiger partial charge in [-0.2, -0.15) is 0 Å². The summed E-state index contributed by atoms with van der Waals surface area (Å²) in [4.78, 5) is 3.13. The van der Waals surface area contributed by atoms with Crippen LogP contribution >= 0.6 is 12.2 Å². The Morgan fingerprint density at radius 3 is 2.70 bits per heavy atom. The number of H-pyrrole nitrogens is 1. The minimum atomic E-state index is 0.587. The van der Waals surface area contributed by atoms with Crippen LogP contribution in [-0.2, 0) is 11.3 Å². The summed E-state index contributed by atoms with van der Waals surface area (Å²) in [5.41, 5.74) is 2.32. The van der Waals surface area contributed by atoms with Gasteiger partial charge in [-0.15, -0.1) is 0 Å². The standard InChI is InChI=1S/C16H22N2OS/c1-13(2)12-19-10-6-9-18-15(11-17-16(18)20)14-7-4-3-5-8-14/h3-5,7-8,11,13H,6,9-10,12H2,1-2H3,(H,17,20). The number of benzene rings is 1. The Kier molecular flexibility index (Phi) is 5.56. The Labute approximate surface area is 125 Å². The van der Waals surface area contributed by atoms with Crippen molar-refractivity contribution < 1.29 is 4.74 Å². The second-order valence-corrected chi connectivity index (χ2v) is 5.71. The molecule has 20 heavy (non-hydrogen) atoms. The summed E-state index contributed by atoms with van der Waals surface area (Å²) >= 11 is 5.36. The van der Waals surface area contributed by atoms with Gasteiger partial charge in [0, 0.05) is 26.0 Å². The minimum absolute atomic E-state index is 0.587. The monoisotopic (exact) mass is 290 g/mol. The topological polar surface area (TPSA) is 29.9 Å². The fourth-order valence-corrected chi connectivity index (χ4v) is 2.36. The summed E-state index contributed by atoms with van der Waals surface area (Å²) in [6.45, 7) is 6.81. The highest BCUT2D eigenvalue weighted by molar-refractivity contribution is 7.71. The van der Waals surface area contributed by atoms with E-state index in [0.29, 0.717) is 5.92 Å². The summed E-state index contributed by atoms with van der Waals surface area (Å²) in [5, 5.41) is 0. The van der Waals surface area contributed by atoms with Gasteiger partial charge in [0.1, 0.15) is 0 Å². The average Bonchev–Trinajstić information content (AvgIpc) is 2.80. The molecule has 0 atom stereocenters. The smallest absolute Gasteiger partial charge is 0.177 e. The van der Waals surface area contributed by atoms with E-state index in [2.05, 4.69) is 35.5 Å². The third-order valence-electron chi connectivity index (χ3n) is 3.06. The fourth-order valence-electron chi connectivity index (χ4n) is 2.11. The van der Waals surface area contributed by atoms with Crippen molar-refractivity contribution in [2.45, 2.75) is 26.8 Å². The van der Waals surface area contributed by atoms with E-state index in [1.165, 1.54) is 5.56 Å². The molecular formula is C16H22N2OS. The van der Waals surface area contributed by atoms with Gasteiger partial charge >= 0.3 is 0 Å². The first-order chi connectivity index (χ1) is 9.68. The Balaban J connectivity index is 1.98. The van der Waals surface area contributed by atoms with E-state index in [1.807, 2.05) is 24.4 Å². The van der Waals surface area contributed by atoms with Gasteiger partial charge in [0.2, 0.25) is 0 Å². The van der Waals surface area contributed by atoms with Gasteiger partial charge in [-0.3, -0.25) is 0 Å². The molecule has 0 amide bonds. The molecule has 4 heteroatoms.